The standard InChI is InChI=1S/C33H36N2O4S/c1-37-30-21-23(8-14-29(30)38-19-18-35-16-4-5-17-35)20-28-27-6-2-3-7-31(27)40-33(28)24-9-12-26(13-10-24)39-22-25-11-15-32(36)34-25/h2-3,6-10,12-14,21,25H,4-5,11,15-20,22H2,1H3,(H,34,36). The number of carbonyl (C=O) groups is 1. The minimum absolute atomic E-state index is 0.0974. The molecule has 3 aromatic carbocycles. The summed E-state index contributed by atoms with van der Waals surface area (Å²) in [6.45, 7) is 4.47. The number of nitrogens with one attached hydrogen (secondary N) is 1. The molecule has 4 aromatic rings. The van der Waals surface area contributed by atoms with Crippen LogP contribution in [0.15, 0.2) is 66.7 Å². The fourth-order valence-corrected chi connectivity index (χ4v) is 6.87. The second-order valence-corrected chi connectivity index (χ2v) is 11.7. The summed E-state index contributed by atoms with van der Waals surface area (Å²) >= 11 is 1.82. The van der Waals surface area contributed by atoms with Gasteiger partial charge in [-0.1, -0.05) is 24.3 Å². The fourth-order valence-electron chi connectivity index (χ4n) is 5.65. The summed E-state index contributed by atoms with van der Waals surface area (Å²) < 4.78 is 19.1. The van der Waals surface area contributed by atoms with Crippen LogP contribution in [0.4, 0.5) is 0 Å². The molecule has 0 bridgehead atoms. The van der Waals surface area contributed by atoms with Crippen molar-refractivity contribution in [2.45, 2.75) is 38.1 Å². The molecule has 2 fully saturated rings. The van der Waals surface area contributed by atoms with Crippen molar-refractivity contribution in [3.63, 3.8) is 0 Å². The van der Waals surface area contributed by atoms with E-state index < -0.39 is 0 Å². The first kappa shape index (κ1) is 26.7. The van der Waals surface area contributed by atoms with E-state index in [0.717, 1.165) is 36.6 Å². The molecule has 2 aliphatic rings. The molecule has 1 unspecified atom stereocenters. The monoisotopic (exact) mass is 556 g/mol. The highest BCUT2D eigenvalue weighted by Gasteiger charge is 2.21. The second kappa shape index (κ2) is 12.3. The summed E-state index contributed by atoms with van der Waals surface area (Å²) in [5.41, 5.74) is 3.67. The third-order valence-electron chi connectivity index (χ3n) is 7.82. The molecule has 1 atom stereocenters. The molecule has 7 heteroatoms. The predicted molar refractivity (Wildman–Crippen MR) is 161 cm³/mol. The van der Waals surface area contributed by atoms with Crippen molar-refractivity contribution in [2.24, 2.45) is 0 Å². The molecular formula is C33H36N2O4S. The van der Waals surface area contributed by atoms with Gasteiger partial charge in [-0.05, 0) is 103 Å². The number of nitrogens with zero attached hydrogens (tertiary/aromatic N) is 1. The van der Waals surface area contributed by atoms with E-state index in [1.54, 1.807) is 7.11 Å². The Morgan fingerprint density at radius 2 is 1.80 bits per heavy atom. The molecule has 2 saturated heterocycles. The van der Waals surface area contributed by atoms with Crippen LogP contribution in [0, 0.1) is 0 Å². The largest absolute Gasteiger partial charge is 0.493 e. The number of thiophene rings is 1. The molecule has 3 heterocycles. The fraction of sp³-hybridized carbons (Fsp3) is 0.364. The van der Waals surface area contributed by atoms with Crippen LogP contribution in [0.25, 0.3) is 20.5 Å². The Balaban J connectivity index is 1.19. The van der Waals surface area contributed by atoms with Gasteiger partial charge in [-0.25, -0.2) is 0 Å². The summed E-state index contributed by atoms with van der Waals surface area (Å²) in [5.74, 6) is 2.50. The number of likely N-dealkylation sites (tertiary alicyclic amines) is 1. The lowest BCUT2D eigenvalue weighted by Crippen LogP contribution is -2.30. The number of benzene rings is 3. The number of methoxy groups -OCH3 is 1. The number of rotatable bonds is 11. The maximum atomic E-state index is 11.5. The maximum absolute atomic E-state index is 11.5. The maximum Gasteiger partial charge on any atom is 0.220 e. The first-order chi connectivity index (χ1) is 19.7. The van der Waals surface area contributed by atoms with E-state index >= 15 is 0 Å². The van der Waals surface area contributed by atoms with Crippen LogP contribution in [-0.4, -0.2) is 56.8 Å². The summed E-state index contributed by atoms with van der Waals surface area (Å²) in [6.07, 6.45) is 4.79. The molecule has 0 radical (unpaired) electrons. The van der Waals surface area contributed by atoms with Gasteiger partial charge < -0.3 is 19.5 Å². The van der Waals surface area contributed by atoms with E-state index in [-0.39, 0.29) is 11.9 Å². The van der Waals surface area contributed by atoms with E-state index in [1.807, 2.05) is 29.5 Å². The smallest absolute Gasteiger partial charge is 0.220 e. The molecule has 40 heavy (non-hydrogen) atoms. The highest BCUT2D eigenvalue weighted by atomic mass is 32.1. The van der Waals surface area contributed by atoms with Gasteiger partial charge in [0.1, 0.15) is 19.0 Å². The molecule has 2 aliphatic heterocycles. The predicted octanol–water partition coefficient (Wildman–Crippen LogP) is 6.30. The molecular weight excluding hydrogens is 520 g/mol. The molecule has 0 saturated carbocycles. The molecule has 6 nitrogen and oxygen atoms in total. The van der Waals surface area contributed by atoms with Crippen molar-refractivity contribution in [3.8, 4) is 27.7 Å². The van der Waals surface area contributed by atoms with E-state index in [2.05, 4.69) is 58.7 Å². The summed E-state index contributed by atoms with van der Waals surface area (Å²) in [6, 6.07) is 23.3. The first-order valence-electron chi connectivity index (χ1n) is 14.2. The molecule has 208 valence electrons. The molecule has 0 spiro atoms. The number of ether oxygens (including phenoxy) is 3. The Morgan fingerprint density at radius 3 is 2.58 bits per heavy atom. The molecule has 0 aliphatic carbocycles. The Morgan fingerprint density at radius 1 is 0.975 bits per heavy atom. The normalized spacial score (nSPS) is 17.3. The Labute approximate surface area is 239 Å². The quantitative estimate of drug-likeness (QED) is 0.235. The van der Waals surface area contributed by atoms with Gasteiger partial charge in [-0.15, -0.1) is 11.3 Å². The number of fused-ring (bicyclic) bond motifs is 1. The van der Waals surface area contributed by atoms with Crippen molar-refractivity contribution >= 4 is 27.3 Å². The van der Waals surface area contributed by atoms with Crippen molar-refractivity contribution in [3.05, 3.63) is 77.9 Å². The highest BCUT2D eigenvalue weighted by Crippen LogP contribution is 2.41. The number of amides is 1. The number of hydrogen-bond donors (Lipinski definition) is 1. The third kappa shape index (κ3) is 6.11. The molecule has 1 N–H and O–H groups in total. The summed E-state index contributed by atoms with van der Waals surface area (Å²) in [7, 11) is 1.71. The van der Waals surface area contributed by atoms with Gasteiger partial charge in [0.15, 0.2) is 11.5 Å². The van der Waals surface area contributed by atoms with Gasteiger partial charge in [0.25, 0.3) is 0 Å². The Kier molecular flexibility index (Phi) is 8.21. The van der Waals surface area contributed by atoms with Crippen LogP contribution >= 0.6 is 11.3 Å². The Bertz CT molecular complexity index is 1460. The zero-order chi connectivity index (χ0) is 27.3. The Hall–Kier alpha value is -3.55. The van der Waals surface area contributed by atoms with Crippen molar-refractivity contribution in [1.29, 1.82) is 0 Å². The lowest BCUT2D eigenvalue weighted by atomic mass is 9.98. The lowest BCUT2D eigenvalue weighted by molar-refractivity contribution is -0.119. The van der Waals surface area contributed by atoms with Gasteiger partial charge in [0, 0.05) is 22.5 Å². The zero-order valence-electron chi connectivity index (χ0n) is 23.0. The van der Waals surface area contributed by atoms with Crippen LogP contribution in [0.5, 0.6) is 17.2 Å². The van der Waals surface area contributed by atoms with Crippen molar-refractivity contribution in [1.82, 2.24) is 10.2 Å². The van der Waals surface area contributed by atoms with Gasteiger partial charge >= 0.3 is 0 Å². The van der Waals surface area contributed by atoms with Crippen LogP contribution in [-0.2, 0) is 11.2 Å². The lowest BCUT2D eigenvalue weighted by Gasteiger charge is -2.17. The third-order valence-corrected chi connectivity index (χ3v) is 9.09. The second-order valence-electron chi connectivity index (χ2n) is 10.6. The highest BCUT2D eigenvalue weighted by molar-refractivity contribution is 7.22. The summed E-state index contributed by atoms with van der Waals surface area (Å²) in [4.78, 5) is 15.2. The topological polar surface area (TPSA) is 60.0 Å². The SMILES string of the molecule is COc1cc(Cc2c(-c3ccc(OCC4CCC(=O)N4)cc3)sc3ccccc23)ccc1OCCN1CCCC1. The first-order valence-corrected chi connectivity index (χ1v) is 15.0. The summed E-state index contributed by atoms with van der Waals surface area (Å²) in [5, 5.41) is 4.24. The van der Waals surface area contributed by atoms with E-state index in [0.29, 0.717) is 19.6 Å². The van der Waals surface area contributed by atoms with Crippen LogP contribution in [0.2, 0.25) is 0 Å². The van der Waals surface area contributed by atoms with Gasteiger partial charge in [0.2, 0.25) is 5.91 Å². The van der Waals surface area contributed by atoms with Crippen LogP contribution in [0.3, 0.4) is 0 Å². The van der Waals surface area contributed by atoms with Gasteiger partial charge in [-0.2, -0.15) is 0 Å². The minimum Gasteiger partial charge on any atom is -0.493 e. The van der Waals surface area contributed by atoms with Gasteiger partial charge in [-0.3, -0.25) is 9.69 Å². The van der Waals surface area contributed by atoms with Crippen molar-refractivity contribution in [2.75, 3.05) is 40.0 Å². The molecule has 6 rings (SSSR count). The van der Waals surface area contributed by atoms with E-state index in [9.17, 15) is 4.79 Å². The number of hydrogen-bond acceptors (Lipinski definition) is 6. The average molecular weight is 557 g/mol. The molecule has 1 amide bonds. The van der Waals surface area contributed by atoms with E-state index in [1.165, 1.54) is 57.6 Å². The van der Waals surface area contributed by atoms with Crippen molar-refractivity contribution < 1.29 is 19.0 Å². The van der Waals surface area contributed by atoms with Crippen LogP contribution < -0.4 is 19.5 Å². The van der Waals surface area contributed by atoms with Crippen LogP contribution in [0.1, 0.15) is 36.8 Å². The minimum atomic E-state index is 0.0974. The molecule has 1 aromatic heterocycles. The number of carbonyl (C=O) groups excluding carboxylic acids is 1. The van der Waals surface area contributed by atoms with Gasteiger partial charge in [0.05, 0.1) is 13.2 Å². The van der Waals surface area contributed by atoms with E-state index in [4.69, 9.17) is 14.2 Å². The average Bonchev–Trinajstić information content (AvgIpc) is 3.74. The zero-order valence-corrected chi connectivity index (χ0v) is 23.8.